The van der Waals surface area contributed by atoms with E-state index in [-0.39, 0.29) is 68.2 Å². The van der Waals surface area contributed by atoms with Gasteiger partial charge in [0.2, 0.25) is 0 Å². The maximum atomic E-state index is 10.7. The average Bonchev–Trinajstić information content (AvgIpc) is 3.15. The summed E-state index contributed by atoms with van der Waals surface area (Å²) in [5.41, 5.74) is -1.65. The molecule has 25 nitrogen and oxygen atoms in total. The van der Waals surface area contributed by atoms with E-state index < -0.39 is 116 Å². The molecule has 15 N–H and O–H groups in total. The molecule has 3 radical (unpaired) electrons. The minimum absolute atomic E-state index is 0. The number of aromatic hydroxyl groups is 10. The van der Waals surface area contributed by atoms with Crippen LogP contribution in [0.1, 0.15) is 51.8 Å². The van der Waals surface area contributed by atoms with Crippen LogP contribution in [0.25, 0.3) is 0 Å². The zero-order valence-electron chi connectivity index (χ0n) is 30.3. The molecular formula is C35H25AlMgO25-3. The fraction of sp³-hybridized carbons (Fsp3) is 0. The van der Waals surface area contributed by atoms with Gasteiger partial charge in [-0.15, -0.1) is 0 Å². The largest absolute Gasteiger partial charge is 2.00 e. The van der Waals surface area contributed by atoms with Crippen LogP contribution >= 0.6 is 0 Å². The van der Waals surface area contributed by atoms with Gasteiger partial charge in [0.25, 0.3) is 0 Å². The van der Waals surface area contributed by atoms with E-state index in [4.69, 9.17) is 76.6 Å². The Balaban J connectivity index is 0. The van der Waals surface area contributed by atoms with Crippen molar-refractivity contribution in [3.05, 3.63) is 88.5 Å². The van der Waals surface area contributed by atoms with E-state index in [0.717, 1.165) is 60.7 Å². The molecule has 0 spiro atoms. The van der Waals surface area contributed by atoms with E-state index in [1.54, 1.807) is 0 Å². The third kappa shape index (κ3) is 15.8. The van der Waals surface area contributed by atoms with Crippen LogP contribution in [0.3, 0.4) is 0 Å². The number of benzene rings is 5. The fourth-order valence-electron chi connectivity index (χ4n) is 3.61. The van der Waals surface area contributed by atoms with Gasteiger partial charge < -0.3 is 102 Å². The van der Waals surface area contributed by atoms with Gasteiger partial charge in [-0.3, -0.25) is 0 Å². The van der Waals surface area contributed by atoms with Crippen LogP contribution < -0.4 is 25.5 Å². The van der Waals surface area contributed by atoms with Crippen molar-refractivity contribution in [3.8, 4) is 86.2 Å². The third-order valence-corrected chi connectivity index (χ3v) is 6.48. The molecule has 0 saturated carbocycles. The van der Waals surface area contributed by atoms with Gasteiger partial charge in [0.1, 0.15) is 57.5 Å². The van der Waals surface area contributed by atoms with Crippen LogP contribution in [-0.4, -0.2) is 147 Å². The maximum absolute atomic E-state index is 10.7. The maximum Gasteiger partial charge on any atom is 2.00 e. The van der Waals surface area contributed by atoms with E-state index >= 15 is 0 Å². The Morgan fingerprint density at radius 3 is 0.419 bits per heavy atom. The second kappa shape index (κ2) is 24.0. The van der Waals surface area contributed by atoms with Gasteiger partial charge in [-0.05, 0) is 89.4 Å². The Labute approximate surface area is 369 Å². The molecular weight excluding hydrogens is 872 g/mol. The summed E-state index contributed by atoms with van der Waals surface area (Å²) in [5, 5.41) is 183. The molecule has 0 aromatic heterocycles. The summed E-state index contributed by atoms with van der Waals surface area (Å²) in [5.74, 6) is -19.2. The van der Waals surface area contributed by atoms with Crippen molar-refractivity contribution in [2.24, 2.45) is 0 Å². The first-order chi connectivity index (χ1) is 27.6. The molecule has 0 aliphatic carbocycles. The van der Waals surface area contributed by atoms with Gasteiger partial charge in [0, 0.05) is 17.4 Å². The van der Waals surface area contributed by atoms with Crippen molar-refractivity contribution < 1.29 is 126 Å². The van der Waals surface area contributed by atoms with Gasteiger partial charge >= 0.3 is 52.9 Å². The van der Waals surface area contributed by atoms with Gasteiger partial charge in [-0.2, -0.15) is 0 Å². The first-order valence-corrected chi connectivity index (χ1v) is 14.9. The van der Waals surface area contributed by atoms with Crippen LogP contribution in [0, 0.1) is 0 Å². The number of hydrogen-bond acceptors (Lipinski definition) is 20. The smallest absolute Gasteiger partial charge is 0.867 e. The van der Waals surface area contributed by atoms with E-state index in [9.17, 15) is 49.5 Å². The molecule has 0 aliphatic heterocycles. The normalized spacial score (nSPS) is 9.35. The average molecular weight is 897 g/mol. The predicted octanol–water partition coefficient (Wildman–Crippen LogP) is -1.41. The summed E-state index contributed by atoms with van der Waals surface area (Å²) in [7, 11) is 0. The van der Waals surface area contributed by atoms with Gasteiger partial charge in [0.05, 0.1) is 27.8 Å². The number of phenolic OH excluding ortho intramolecular Hbond substituents is 10. The Morgan fingerprint density at radius 1 is 0.274 bits per heavy atom. The molecule has 5 rings (SSSR count). The molecule has 0 saturated heterocycles. The van der Waals surface area contributed by atoms with E-state index in [1.165, 1.54) is 0 Å². The summed E-state index contributed by atoms with van der Waals surface area (Å²) >= 11 is 0. The van der Waals surface area contributed by atoms with Crippen LogP contribution in [0.15, 0.2) is 60.7 Å². The molecule has 323 valence electrons. The van der Waals surface area contributed by atoms with Crippen molar-refractivity contribution in [2.75, 3.05) is 0 Å². The number of aromatic carboxylic acids is 5. The predicted molar refractivity (Wildman–Crippen MR) is 192 cm³/mol. The molecule has 0 amide bonds. The number of hydrogen-bond donors (Lipinski definition) is 15. The minimum Gasteiger partial charge on any atom is -0.867 e. The first kappa shape index (κ1) is 55.8. The molecule has 27 heteroatoms. The summed E-state index contributed by atoms with van der Waals surface area (Å²) in [4.78, 5) is 51.5. The number of carbonyl (C=O) groups is 5. The summed E-state index contributed by atoms with van der Waals surface area (Å²) in [6, 6.07) is 7.82. The standard InChI is InChI=1S/5C7H6O5.Al.Mg/c5*8-4-1-3(7(11)12)2-5(9)6(4)10;;/h5*1-2,8-10H,(H,11,12);;/q;;;;;;+2/p-5. The molecule has 0 bridgehead atoms. The van der Waals surface area contributed by atoms with Gasteiger partial charge in [-0.1, -0.05) is 0 Å². The molecule has 0 atom stereocenters. The first-order valence-electron chi connectivity index (χ1n) is 14.9. The van der Waals surface area contributed by atoms with Crippen LogP contribution in [0.4, 0.5) is 0 Å². The van der Waals surface area contributed by atoms with E-state index in [2.05, 4.69) is 0 Å². The molecule has 62 heavy (non-hydrogen) atoms. The monoisotopic (exact) mass is 896 g/mol. The third-order valence-electron chi connectivity index (χ3n) is 6.48. The number of carboxylic acid groups (broad SMARTS) is 5. The SMILES string of the molecule is O=C(O)c1cc(O)c([O-])c(O)c1.O=C(O)c1cc(O)c([O-])c(O)c1.O=C(O)c1cc(O)c([O-])c(O)c1.O=C(O)c1cc(O)c([O-])c(O)c1.O=C(O)c1cc(O)c([O-])c(O)c1.[Al].[Mg+2]. The second-order valence-electron chi connectivity index (χ2n) is 10.7. The van der Waals surface area contributed by atoms with Crippen LogP contribution in [-0.2, 0) is 0 Å². The van der Waals surface area contributed by atoms with E-state index in [1.807, 2.05) is 0 Å². The molecule has 0 fully saturated rings. The quantitative estimate of drug-likeness (QED) is 0.0901. The van der Waals surface area contributed by atoms with Crippen LogP contribution in [0.2, 0.25) is 0 Å². The van der Waals surface area contributed by atoms with E-state index in [0.29, 0.717) is 0 Å². The van der Waals surface area contributed by atoms with Crippen LogP contribution in [0.5, 0.6) is 86.2 Å². The van der Waals surface area contributed by atoms with Crippen molar-refractivity contribution in [1.82, 2.24) is 0 Å². The Hall–Kier alpha value is -8.25. The van der Waals surface area contributed by atoms with Crippen molar-refractivity contribution in [2.45, 2.75) is 0 Å². The van der Waals surface area contributed by atoms with Crippen molar-refractivity contribution in [1.29, 1.82) is 0 Å². The molecule has 0 heterocycles. The Bertz CT molecular complexity index is 1940. The fourth-order valence-corrected chi connectivity index (χ4v) is 3.61. The summed E-state index contributed by atoms with van der Waals surface area (Å²) < 4.78 is 0. The molecule has 5 aromatic rings. The summed E-state index contributed by atoms with van der Waals surface area (Å²) in [6.07, 6.45) is 0. The summed E-state index contributed by atoms with van der Waals surface area (Å²) in [6.45, 7) is 0. The zero-order chi connectivity index (χ0) is 46.5. The zero-order valence-corrected chi connectivity index (χ0v) is 32.9. The van der Waals surface area contributed by atoms with Crippen molar-refractivity contribution in [3.63, 3.8) is 0 Å². The second-order valence-corrected chi connectivity index (χ2v) is 10.7. The number of phenols is 10. The number of rotatable bonds is 5. The number of carboxylic acids is 5. The Kier molecular flexibility index (Phi) is 21.6. The van der Waals surface area contributed by atoms with Gasteiger partial charge in [0.15, 0.2) is 0 Å². The topological polar surface area (TPSA) is 504 Å². The molecule has 0 aliphatic rings. The minimum atomic E-state index is -1.32. The Morgan fingerprint density at radius 2 is 0.355 bits per heavy atom. The molecule has 0 unspecified atom stereocenters. The van der Waals surface area contributed by atoms with Crippen molar-refractivity contribution >= 4 is 70.3 Å². The molecule has 5 aromatic carbocycles. The van der Waals surface area contributed by atoms with Gasteiger partial charge in [-0.25, -0.2) is 24.0 Å².